The fourth-order valence-corrected chi connectivity index (χ4v) is 5.94. The minimum Gasteiger partial charge on any atom is -0.398 e. The van der Waals surface area contributed by atoms with Crippen LogP contribution < -0.4 is 5.73 Å². The summed E-state index contributed by atoms with van der Waals surface area (Å²) in [6.45, 7) is 2.04. The normalized spacial score (nSPS) is 24.8. The standard InChI is InChI=1S/C28H28ClN5/c1-33-24-10-9-22(21-7-4-8-23(30)26(21)29)27(33)31-14-11-25(32-24)34-15-12-28(13-16-34)17-19-5-2-3-6-20(19)18-28/h2-11,14H,12-13,15-18,30H2,1H3/b14-11+,25-11?,31-14?,31-27-,32-24?,32-25+. The third kappa shape index (κ3) is 3.55. The molecule has 1 aliphatic carbocycles. The summed E-state index contributed by atoms with van der Waals surface area (Å²) in [6, 6.07) is 14.6. The first-order valence-corrected chi connectivity index (χ1v) is 12.3. The van der Waals surface area contributed by atoms with Crippen molar-refractivity contribution in [1.82, 2.24) is 9.80 Å². The zero-order chi connectivity index (χ0) is 23.3. The number of rotatable bonds is 1. The van der Waals surface area contributed by atoms with Gasteiger partial charge in [0.05, 0.1) is 10.7 Å². The quantitative estimate of drug-likeness (QED) is 0.577. The van der Waals surface area contributed by atoms with E-state index in [-0.39, 0.29) is 0 Å². The first-order valence-electron chi connectivity index (χ1n) is 11.9. The molecule has 3 heterocycles. The predicted molar refractivity (Wildman–Crippen MR) is 141 cm³/mol. The van der Waals surface area contributed by atoms with E-state index in [0.29, 0.717) is 16.1 Å². The molecule has 2 aromatic rings. The topological polar surface area (TPSA) is 57.2 Å². The Bertz CT molecular complexity index is 1280. The maximum Gasteiger partial charge on any atom is 0.141 e. The average molecular weight is 470 g/mol. The van der Waals surface area contributed by atoms with Gasteiger partial charge in [0.15, 0.2) is 0 Å². The number of nitrogen functional groups attached to an aromatic ring is 1. The third-order valence-corrected chi connectivity index (χ3v) is 8.09. The molecule has 0 unspecified atom stereocenters. The number of likely N-dealkylation sites (N-methyl/N-ethyl adjacent to an activating group) is 1. The fraction of sp³-hybridized carbons (Fsp3) is 0.286. The van der Waals surface area contributed by atoms with E-state index < -0.39 is 0 Å². The van der Waals surface area contributed by atoms with Crippen molar-refractivity contribution in [3.63, 3.8) is 0 Å². The van der Waals surface area contributed by atoms with Gasteiger partial charge in [-0.3, -0.25) is 0 Å². The molecule has 0 saturated carbocycles. The molecule has 4 aliphatic rings. The first-order chi connectivity index (χ1) is 16.5. The van der Waals surface area contributed by atoms with Gasteiger partial charge < -0.3 is 15.5 Å². The van der Waals surface area contributed by atoms with Gasteiger partial charge in [0.1, 0.15) is 17.5 Å². The Morgan fingerprint density at radius 2 is 1.71 bits per heavy atom. The van der Waals surface area contributed by atoms with Crippen molar-refractivity contribution >= 4 is 34.5 Å². The van der Waals surface area contributed by atoms with Crippen LogP contribution in [0.3, 0.4) is 0 Å². The Kier molecular flexibility index (Phi) is 5.10. The highest BCUT2D eigenvalue weighted by molar-refractivity contribution is 6.37. The van der Waals surface area contributed by atoms with Crippen LogP contribution in [0.2, 0.25) is 5.02 Å². The van der Waals surface area contributed by atoms with Crippen molar-refractivity contribution in [3.05, 3.63) is 94.4 Å². The number of hydrogen-bond donors (Lipinski definition) is 1. The van der Waals surface area contributed by atoms with Gasteiger partial charge in [-0.1, -0.05) is 48.0 Å². The molecule has 1 spiro atoms. The summed E-state index contributed by atoms with van der Waals surface area (Å²) < 4.78 is 0. The van der Waals surface area contributed by atoms with E-state index in [4.69, 9.17) is 27.3 Å². The number of nitrogens with two attached hydrogens (primary N) is 1. The number of allylic oxidation sites excluding steroid dienone is 2. The van der Waals surface area contributed by atoms with Crippen LogP contribution in [0.15, 0.2) is 82.7 Å². The van der Waals surface area contributed by atoms with E-state index in [0.717, 1.165) is 41.7 Å². The fourth-order valence-electron chi connectivity index (χ4n) is 5.71. The van der Waals surface area contributed by atoms with E-state index in [2.05, 4.69) is 29.2 Å². The van der Waals surface area contributed by atoms with E-state index in [1.807, 2.05) is 54.6 Å². The van der Waals surface area contributed by atoms with Gasteiger partial charge in [-0.05, 0) is 66.5 Å². The lowest BCUT2D eigenvalue weighted by atomic mass is 9.76. The molecular formula is C28H28ClN5. The number of aliphatic imine (C=N–C) groups is 2. The molecule has 0 aromatic heterocycles. The van der Waals surface area contributed by atoms with Crippen molar-refractivity contribution < 1.29 is 0 Å². The Morgan fingerprint density at radius 3 is 2.44 bits per heavy atom. The molecule has 0 atom stereocenters. The number of amidine groups is 2. The average Bonchev–Trinajstić information content (AvgIpc) is 3.20. The minimum atomic E-state index is 0.409. The van der Waals surface area contributed by atoms with Crippen molar-refractivity contribution in [2.75, 3.05) is 25.9 Å². The second-order valence-corrected chi connectivity index (χ2v) is 10.1. The number of benzene rings is 2. The minimum absolute atomic E-state index is 0.409. The highest BCUT2D eigenvalue weighted by Crippen LogP contribution is 2.44. The number of hydrogen-bond acceptors (Lipinski definition) is 5. The molecule has 2 aromatic carbocycles. The lowest BCUT2D eigenvalue weighted by Gasteiger charge is -2.40. The van der Waals surface area contributed by atoms with E-state index in [1.54, 1.807) is 0 Å². The number of likely N-dealkylation sites (tertiary alicyclic amines) is 1. The summed E-state index contributed by atoms with van der Waals surface area (Å²) in [5, 5.41) is 0.549. The zero-order valence-electron chi connectivity index (χ0n) is 19.3. The summed E-state index contributed by atoms with van der Waals surface area (Å²) in [6.07, 6.45) is 12.8. The molecule has 2 N–H and O–H groups in total. The molecule has 5 nitrogen and oxygen atoms in total. The third-order valence-electron chi connectivity index (χ3n) is 7.67. The van der Waals surface area contributed by atoms with Crippen LogP contribution in [0.5, 0.6) is 0 Å². The molecule has 3 aliphatic heterocycles. The van der Waals surface area contributed by atoms with Crippen molar-refractivity contribution in [2.45, 2.75) is 25.7 Å². The molecule has 6 rings (SSSR count). The predicted octanol–water partition coefficient (Wildman–Crippen LogP) is 5.30. The second-order valence-electron chi connectivity index (χ2n) is 9.72. The van der Waals surface area contributed by atoms with Crippen LogP contribution in [0.4, 0.5) is 5.69 Å². The monoisotopic (exact) mass is 469 g/mol. The van der Waals surface area contributed by atoms with Crippen LogP contribution in [0.25, 0.3) is 5.57 Å². The molecule has 172 valence electrons. The van der Waals surface area contributed by atoms with Gasteiger partial charge in [-0.2, -0.15) is 0 Å². The Morgan fingerprint density at radius 1 is 0.971 bits per heavy atom. The van der Waals surface area contributed by atoms with Gasteiger partial charge in [-0.25, -0.2) is 9.98 Å². The lowest BCUT2D eigenvalue weighted by Crippen LogP contribution is -2.43. The van der Waals surface area contributed by atoms with E-state index in [9.17, 15) is 0 Å². The Hall–Kier alpha value is -3.31. The van der Waals surface area contributed by atoms with Crippen LogP contribution in [0, 0.1) is 5.41 Å². The number of nitrogens with zero attached hydrogens (tertiary/aromatic N) is 4. The molecule has 2 bridgehead atoms. The van der Waals surface area contributed by atoms with Crippen molar-refractivity contribution in [2.24, 2.45) is 15.4 Å². The Labute approximate surface area is 205 Å². The van der Waals surface area contributed by atoms with Gasteiger partial charge in [-0.15, -0.1) is 0 Å². The van der Waals surface area contributed by atoms with Crippen LogP contribution >= 0.6 is 11.6 Å². The highest BCUT2D eigenvalue weighted by atomic mass is 35.5. The number of fused-ring (bicyclic) bond motifs is 3. The van der Waals surface area contributed by atoms with E-state index in [1.165, 1.54) is 36.8 Å². The summed E-state index contributed by atoms with van der Waals surface area (Å²) in [5.74, 6) is 2.66. The summed E-state index contributed by atoms with van der Waals surface area (Å²) in [4.78, 5) is 14.3. The van der Waals surface area contributed by atoms with Crippen LogP contribution in [-0.2, 0) is 12.8 Å². The summed E-state index contributed by atoms with van der Waals surface area (Å²) in [5.41, 5.74) is 11.9. The molecular weight excluding hydrogens is 442 g/mol. The molecule has 34 heavy (non-hydrogen) atoms. The first kappa shape index (κ1) is 21.2. The molecule has 1 fully saturated rings. The van der Waals surface area contributed by atoms with Gasteiger partial charge in [0.25, 0.3) is 0 Å². The van der Waals surface area contributed by atoms with Crippen molar-refractivity contribution in [3.8, 4) is 0 Å². The lowest BCUT2D eigenvalue weighted by molar-refractivity contribution is 0.158. The molecule has 0 radical (unpaired) electrons. The summed E-state index contributed by atoms with van der Waals surface area (Å²) >= 11 is 6.52. The molecule has 1 saturated heterocycles. The van der Waals surface area contributed by atoms with Gasteiger partial charge >= 0.3 is 0 Å². The maximum absolute atomic E-state index is 6.52. The molecule has 0 amide bonds. The highest BCUT2D eigenvalue weighted by Gasteiger charge is 2.40. The largest absolute Gasteiger partial charge is 0.398 e. The smallest absolute Gasteiger partial charge is 0.141 e. The number of halogens is 1. The summed E-state index contributed by atoms with van der Waals surface area (Å²) in [7, 11) is 2.00. The van der Waals surface area contributed by atoms with Crippen LogP contribution in [-0.4, -0.2) is 41.6 Å². The zero-order valence-corrected chi connectivity index (χ0v) is 20.1. The van der Waals surface area contributed by atoms with Gasteiger partial charge in [0.2, 0.25) is 0 Å². The van der Waals surface area contributed by atoms with Gasteiger partial charge in [0, 0.05) is 37.5 Å². The Balaban J connectivity index is 1.25. The maximum atomic E-state index is 6.52. The SMILES string of the molecule is CN1C2=CC=C(c3cccc(N)c3Cl)/C1=N/C=C/C(N1CCC3(CC1)Cc1ccccc1C3)=N\2. The molecule has 6 heteroatoms. The second kappa shape index (κ2) is 8.17. The van der Waals surface area contributed by atoms with E-state index >= 15 is 0 Å². The number of anilines is 1. The van der Waals surface area contributed by atoms with Crippen molar-refractivity contribution in [1.29, 1.82) is 0 Å². The number of piperidine rings is 1. The van der Waals surface area contributed by atoms with Crippen LogP contribution in [0.1, 0.15) is 29.5 Å².